The van der Waals surface area contributed by atoms with Crippen LogP contribution in [0.25, 0.3) is 0 Å². The Kier molecular flexibility index (Phi) is 4.52. The summed E-state index contributed by atoms with van der Waals surface area (Å²) in [5.74, 6) is 1.63. The van der Waals surface area contributed by atoms with E-state index >= 15 is 0 Å². The van der Waals surface area contributed by atoms with Crippen LogP contribution in [0, 0.1) is 0 Å². The maximum Gasteiger partial charge on any atom is 0.341 e. The molecule has 19 heavy (non-hydrogen) atoms. The zero-order valence-corrected chi connectivity index (χ0v) is 11.5. The van der Waals surface area contributed by atoms with Crippen molar-refractivity contribution in [2.75, 3.05) is 14.2 Å². The minimum Gasteiger partial charge on any atom is -0.497 e. The number of benzene rings is 1. The lowest BCUT2D eigenvalue weighted by molar-refractivity contribution is 0.0598. The van der Waals surface area contributed by atoms with Crippen molar-refractivity contribution in [1.82, 2.24) is 0 Å². The maximum atomic E-state index is 11.5. The van der Waals surface area contributed by atoms with Crippen molar-refractivity contribution in [3.8, 4) is 5.75 Å². The molecule has 1 aromatic heterocycles. The normalized spacial score (nSPS) is 10.2. The van der Waals surface area contributed by atoms with E-state index in [-0.39, 0.29) is 5.97 Å². The Morgan fingerprint density at radius 1 is 1.21 bits per heavy atom. The highest BCUT2D eigenvalue weighted by Gasteiger charge is 2.14. The van der Waals surface area contributed by atoms with Gasteiger partial charge in [0.05, 0.1) is 26.2 Å². The molecule has 0 aliphatic heterocycles. The van der Waals surface area contributed by atoms with Gasteiger partial charge in [0.2, 0.25) is 0 Å². The van der Waals surface area contributed by atoms with Gasteiger partial charge in [-0.1, -0.05) is 0 Å². The fraction of sp³-hybridized carbons (Fsp3) is 0.214. The average Bonchev–Trinajstić information content (AvgIpc) is 2.93. The van der Waals surface area contributed by atoms with Crippen molar-refractivity contribution in [2.24, 2.45) is 0 Å². The number of thioether (sulfide) groups is 1. The van der Waals surface area contributed by atoms with Gasteiger partial charge >= 0.3 is 5.97 Å². The van der Waals surface area contributed by atoms with Gasteiger partial charge in [-0.3, -0.25) is 0 Å². The number of hydrogen-bond acceptors (Lipinski definition) is 5. The molecule has 5 heteroatoms. The molecule has 0 N–H and O–H groups in total. The molecular weight excluding hydrogens is 264 g/mol. The van der Waals surface area contributed by atoms with Crippen LogP contribution in [0.4, 0.5) is 0 Å². The first kappa shape index (κ1) is 13.5. The quantitative estimate of drug-likeness (QED) is 0.620. The first-order valence-corrected chi connectivity index (χ1v) is 6.64. The predicted molar refractivity (Wildman–Crippen MR) is 72.6 cm³/mol. The Balaban J connectivity index is 2.02. The molecule has 100 valence electrons. The molecule has 1 heterocycles. The van der Waals surface area contributed by atoms with Gasteiger partial charge in [0.15, 0.2) is 0 Å². The van der Waals surface area contributed by atoms with Crippen molar-refractivity contribution < 1.29 is 18.7 Å². The average molecular weight is 278 g/mol. The van der Waals surface area contributed by atoms with Crippen LogP contribution in [0.15, 0.2) is 45.9 Å². The number of esters is 1. The molecule has 0 unspecified atom stereocenters. The Morgan fingerprint density at radius 2 is 1.95 bits per heavy atom. The van der Waals surface area contributed by atoms with Gasteiger partial charge in [-0.25, -0.2) is 4.79 Å². The summed E-state index contributed by atoms with van der Waals surface area (Å²) in [4.78, 5) is 12.6. The van der Waals surface area contributed by atoms with E-state index in [0.717, 1.165) is 10.6 Å². The topological polar surface area (TPSA) is 48.7 Å². The van der Waals surface area contributed by atoms with E-state index in [1.165, 1.54) is 13.4 Å². The molecule has 2 rings (SSSR count). The number of carbonyl (C=O) groups is 1. The number of carbonyl (C=O) groups excluding carboxylic acids is 1. The number of hydrogen-bond donors (Lipinski definition) is 0. The van der Waals surface area contributed by atoms with Crippen LogP contribution in [0.5, 0.6) is 5.75 Å². The van der Waals surface area contributed by atoms with Crippen LogP contribution >= 0.6 is 11.8 Å². The number of rotatable bonds is 5. The van der Waals surface area contributed by atoms with E-state index in [1.54, 1.807) is 24.9 Å². The highest BCUT2D eigenvalue weighted by Crippen LogP contribution is 2.26. The van der Waals surface area contributed by atoms with Crippen LogP contribution in [0.3, 0.4) is 0 Å². The second-order valence-corrected chi connectivity index (χ2v) is 4.76. The van der Waals surface area contributed by atoms with Crippen molar-refractivity contribution in [3.05, 3.63) is 47.9 Å². The molecule has 0 spiro atoms. The fourth-order valence-electron chi connectivity index (χ4n) is 1.57. The zero-order valence-electron chi connectivity index (χ0n) is 10.7. The molecule has 4 nitrogen and oxygen atoms in total. The molecule has 0 aliphatic carbocycles. The minimum absolute atomic E-state index is 0.376. The maximum absolute atomic E-state index is 11.5. The first-order chi connectivity index (χ1) is 9.24. The van der Waals surface area contributed by atoms with Crippen LogP contribution in [-0.4, -0.2) is 20.2 Å². The van der Waals surface area contributed by atoms with Gasteiger partial charge in [0.25, 0.3) is 0 Å². The smallest absolute Gasteiger partial charge is 0.341 e. The Hall–Kier alpha value is -1.88. The summed E-state index contributed by atoms with van der Waals surface area (Å²) >= 11 is 1.58. The Labute approximate surface area is 115 Å². The van der Waals surface area contributed by atoms with Gasteiger partial charge in [-0.15, -0.1) is 11.8 Å². The minimum atomic E-state index is -0.376. The number of methoxy groups -OCH3 is 2. The molecule has 0 aliphatic rings. The summed E-state index contributed by atoms with van der Waals surface area (Å²) in [6.07, 6.45) is 1.50. The lowest BCUT2D eigenvalue weighted by Crippen LogP contribution is -2.02. The van der Waals surface area contributed by atoms with Crippen molar-refractivity contribution in [1.29, 1.82) is 0 Å². The summed E-state index contributed by atoms with van der Waals surface area (Å²) in [6.45, 7) is 0. The fourth-order valence-corrected chi connectivity index (χ4v) is 2.41. The summed E-state index contributed by atoms with van der Waals surface area (Å²) in [6, 6.07) is 9.33. The van der Waals surface area contributed by atoms with Gasteiger partial charge < -0.3 is 13.9 Å². The summed E-state index contributed by atoms with van der Waals surface area (Å²) in [5.41, 5.74) is 0.475. The summed E-state index contributed by atoms with van der Waals surface area (Å²) in [7, 11) is 2.99. The second kappa shape index (κ2) is 6.33. The third-order valence-corrected chi connectivity index (χ3v) is 3.59. The standard InChI is InChI=1S/C14H14O4S/c1-16-10-3-5-11(6-4-10)19-9-13-12(7-8-18-13)14(15)17-2/h3-8H,9H2,1-2H3. The van der Waals surface area contributed by atoms with Crippen LogP contribution in [-0.2, 0) is 10.5 Å². The monoisotopic (exact) mass is 278 g/mol. The van der Waals surface area contributed by atoms with Gasteiger partial charge in [0, 0.05) is 4.90 Å². The largest absolute Gasteiger partial charge is 0.497 e. The molecule has 0 atom stereocenters. The summed E-state index contributed by atoms with van der Waals surface area (Å²) < 4.78 is 15.1. The van der Waals surface area contributed by atoms with E-state index < -0.39 is 0 Å². The second-order valence-electron chi connectivity index (χ2n) is 3.71. The number of ether oxygens (including phenoxy) is 2. The summed E-state index contributed by atoms with van der Waals surface area (Å²) in [5, 5.41) is 0. The van der Waals surface area contributed by atoms with Crippen LogP contribution in [0.2, 0.25) is 0 Å². The SMILES string of the molecule is COC(=O)c1ccoc1CSc1ccc(OC)cc1. The molecule has 0 saturated heterocycles. The Morgan fingerprint density at radius 3 is 2.58 bits per heavy atom. The van der Waals surface area contributed by atoms with Gasteiger partial charge in [0.1, 0.15) is 17.1 Å². The molecule has 0 fully saturated rings. The van der Waals surface area contributed by atoms with E-state index in [2.05, 4.69) is 0 Å². The lowest BCUT2D eigenvalue weighted by atomic mass is 10.3. The highest BCUT2D eigenvalue weighted by atomic mass is 32.2. The molecule has 0 bridgehead atoms. The predicted octanol–water partition coefficient (Wildman–Crippen LogP) is 3.37. The highest BCUT2D eigenvalue weighted by molar-refractivity contribution is 7.98. The molecule has 0 saturated carbocycles. The van der Waals surface area contributed by atoms with E-state index in [1.807, 2.05) is 24.3 Å². The number of furan rings is 1. The lowest BCUT2D eigenvalue weighted by Gasteiger charge is -2.03. The van der Waals surface area contributed by atoms with Gasteiger partial charge in [-0.2, -0.15) is 0 Å². The van der Waals surface area contributed by atoms with Crippen molar-refractivity contribution >= 4 is 17.7 Å². The Bertz CT molecular complexity index is 545. The molecule has 1 aromatic carbocycles. The van der Waals surface area contributed by atoms with E-state index in [0.29, 0.717) is 17.1 Å². The third kappa shape index (κ3) is 3.32. The van der Waals surface area contributed by atoms with Gasteiger partial charge in [-0.05, 0) is 30.3 Å². The molecule has 2 aromatic rings. The molecular formula is C14H14O4S. The van der Waals surface area contributed by atoms with Crippen molar-refractivity contribution in [3.63, 3.8) is 0 Å². The van der Waals surface area contributed by atoms with Crippen molar-refractivity contribution in [2.45, 2.75) is 10.6 Å². The van der Waals surface area contributed by atoms with Crippen LogP contribution < -0.4 is 4.74 Å². The first-order valence-electron chi connectivity index (χ1n) is 5.66. The zero-order chi connectivity index (χ0) is 13.7. The van der Waals surface area contributed by atoms with E-state index in [9.17, 15) is 4.79 Å². The molecule has 0 radical (unpaired) electrons. The third-order valence-electron chi connectivity index (χ3n) is 2.58. The van der Waals surface area contributed by atoms with E-state index in [4.69, 9.17) is 13.9 Å². The van der Waals surface area contributed by atoms with Crippen LogP contribution in [0.1, 0.15) is 16.1 Å². The molecule has 0 amide bonds.